The van der Waals surface area contributed by atoms with Crippen molar-refractivity contribution in [2.45, 2.75) is 16.9 Å². The second-order valence-electron chi connectivity index (χ2n) is 25.3. The number of nitrogens with zero attached hydrogens (tertiary/aromatic N) is 1. The average molecular weight is 836 g/mol. The summed E-state index contributed by atoms with van der Waals surface area (Å²) in [6, 6.07) is -0.455. The minimum absolute atomic E-state index is 0.0538. The summed E-state index contributed by atoms with van der Waals surface area (Å²) in [7, 11) is 4.00. The molecule has 1 unspecified atom stereocenters. The van der Waals surface area contributed by atoms with Crippen LogP contribution < -0.4 is 0 Å². The van der Waals surface area contributed by atoms with Gasteiger partial charge in [0.15, 0.2) is 0 Å². The van der Waals surface area contributed by atoms with Gasteiger partial charge in [-0.2, -0.15) is 0 Å². The molecule has 0 amide bonds. The first-order chi connectivity index (χ1) is 33.7. The third-order valence-corrected chi connectivity index (χ3v) is 25.3. The van der Waals surface area contributed by atoms with Crippen LogP contribution in [0, 0.1) is 0 Å². The Bertz CT molecular complexity index is 6970. The normalized spacial score (nSPS) is 24.2. The monoisotopic (exact) mass is 835 g/mol. The summed E-state index contributed by atoms with van der Waals surface area (Å²) in [6.45, 7) is 0.822. The van der Waals surface area contributed by atoms with E-state index < -0.39 is 16.9 Å². The Balaban J connectivity index is 1.24. The van der Waals surface area contributed by atoms with Gasteiger partial charge in [0.25, 0.3) is 0 Å². The van der Waals surface area contributed by atoms with E-state index in [1.807, 2.05) is 0 Å². The van der Waals surface area contributed by atoms with Gasteiger partial charge in [-0.3, -0.25) is 9.69 Å². The highest BCUT2D eigenvalue weighted by molar-refractivity contribution is 6.82. The molecule has 1 aliphatic heterocycles. The zero-order valence-corrected chi connectivity index (χ0v) is 35.0. The number of ether oxygens (including phenoxy) is 1. The van der Waals surface area contributed by atoms with E-state index in [0.717, 1.165) is 6.54 Å². The van der Waals surface area contributed by atoms with Crippen LogP contribution in [0.1, 0.15) is 22.3 Å². The van der Waals surface area contributed by atoms with Gasteiger partial charge in [-0.25, -0.2) is 0 Å². The second kappa shape index (κ2) is 5.53. The van der Waals surface area contributed by atoms with Gasteiger partial charge in [0, 0.05) is 6.54 Å². The lowest BCUT2D eigenvalue weighted by Crippen LogP contribution is -2.57. The van der Waals surface area contributed by atoms with Crippen molar-refractivity contribution in [2.75, 3.05) is 20.7 Å². The molecule has 33 rings (SSSR count). The van der Waals surface area contributed by atoms with E-state index in [9.17, 15) is 0 Å². The predicted molar refractivity (Wildman–Crippen MR) is 282 cm³/mol. The Kier molecular flexibility index (Phi) is 2.05. The number of likely N-dealkylation sites (tertiary alicyclic amines) is 1. The van der Waals surface area contributed by atoms with E-state index in [1.165, 1.54) is 32.7 Å². The Morgan fingerprint density at radius 1 is 0.309 bits per heavy atom. The molecule has 0 aromatic heterocycles. The summed E-state index contributed by atoms with van der Waals surface area (Å²) >= 11 is 0. The molecule has 0 saturated carbocycles. The quantitative estimate of drug-likeness (QED) is 0.122. The Labute approximate surface area is 369 Å². The van der Waals surface area contributed by atoms with Crippen LogP contribution >= 0.6 is 0 Å². The van der Waals surface area contributed by atoms with Crippen molar-refractivity contribution in [3.63, 3.8) is 0 Å². The minimum Gasteiger partial charge on any atom is -0.468 e. The van der Waals surface area contributed by atoms with Crippen molar-refractivity contribution in [2.24, 2.45) is 0 Å². The highest BCUT2D eigenvalue weighted by atomic mass is 16.5. The van der Waals surface area contributed by atoms with Crippen molar-refractivity contribution >= 4 is 297 Å². The summed E-state index contributed by atoms with van der Waals surface area (Å²) in [5.41, 5.74) is 5.21. The standard InChI is InChI=1S/C65H9NO2/c1-66-3-64-58-50-42-32-22-14-6-4-5-8-12-10(6)18-26-20(12)30-24-16(8)17-9(5)13-11-7(4)15(14)23-29-19(11)27-21(13)31-25(17)35-34(24)46-40(30)48-38(26)44(36(42)28(18)22)52(58)54(48)60-56(46)57-47(35)41(31)49-39(27)45-37(29)43(33(23)32)51(50)59(64)53(45)55(49)61(57)65(60,64)62(66)63(67)68-2/h62H,3H2,1-2H3. The van der Waals surface area contributed by atoms with Crippen LogP contribution in [0.25, 0.3) is 291 Å². The summed E-state index contributed by atoms with van der Waals surface area (Å²) in [4.78, 5) is 18.2. The highest BCUT2D eigenvalue weighted by Crippen LogP contribution is 2.85. The van der Waals surface area contributed by atoms with Crippen molar-refractivity contribution in [1.82, 2.24) is 4.90 Å². The number of hydrogen-bond acceptors (Lipinski definition) is 3. The van der Waals surface area contributed by atoms with E-state index in [2.05, 4.69) is 11.9 Å². The zero-order chi connectivity index (χ0) is 40.6. The predicted octanol–water partition coefficient (Wildman–Crippen LogP) is 15.8. The third-order valence-electron chi connectivity index (χ3n) is 25.3. The fraction of sp³-hybridized carbons (Fsp3) is 0.0923. The van der Waals surface area contributed by atoms with Crippen molar-refractivity contribution < 1.29 is 9.53 Å². The highest BCUT2D eigenvalue weighted by Gasteiger charge is 2.77. The zero-order valence-electron chi connectivity index (χ0n) is 35.0. The van der Waals surface area contributed by atoms with Gasteiger partial charge in [-0.15, -0.1) is 0 Å². The molecule has 5 aliphatic rings. The Morgan fingerprint density at radius 3 is 0.647 bits per heavy atom. The smallest absolute Gasteiger partial charge is 0.324 e. The summed E-state index contributed by atoms with van der Waals surface area (Å²) in [6.07, 6.45) is 0. The maximum absolute atomic E-state index is 15.7. The van der Waals surface area contributed by atoms with Crippen LogP contribution in [0.2, 0.25) is 0 Å². The molecule has 3 heteroatoms. The van der Waals surface area contributed by atoms with Gasteiger partial charge in [0.05, 0.1) is 17.9 Å². The number of carbonyl (C=O) groups is 1. The molecule has 28 aromatic carbocycles. The first-order valence-corrected chi connectivity index (χ1v) is 25.3. The number of rotatable bonds is 1. The first kappa shape index (κ1) is 25.1. The molecule has 1 fully saturated rings. The SMILES string of the molecule is COC(=O)C1N(C)CC23c4c5c6c7c8c9c(c%10c%11c2c2c4c4c%12c5c5c6c6c8c8c%13c9c9c%10c%10c%11c%11c2c2c4c4c%12c%12c5c5c6c8c6c8c%13c9c9c%10c%10c%11c2c2c4c4c%12c5c6c5c8c9c%10c2c45)C713. The van der Waals surface area contributed by atoms with E-state index >= 15 is 4.79 Å². The summed E-state index contributed by atoms with van der Waals surface area (Å²) < 4.78 is 6.27. The molecule has 1 heterocycles. The summed E-state index contributed by atoms with van der Waals surface area (Å²) in [5.74, 6) is -0.0538. The van der Waals surface area contributed by atoms with Gasteiger partial charge in [-0.05, 0) is 320 Å². The van der Waals surface area contributed by atoms with Gasteiger partial charge in [-0.1, -0.05) is 0 Å². The minimum atomic E-state index is -0.639. The number of esters is 1. The first-order valence-electron chi connectivity index (χ1n) is 25.3. The Hall–Kier alpha value is -8.11. The molecule has 286 valence electrons. The number of carbonyl (C=O) groups excluding carboxylic acids is 1. The lowest BCUT2D eigenvalue weighted by Gasteiger charge is -2.51. The topological polar surface area (TPSA) is 29.5 Å². The molecule has 4 aliphatic carbocycles. The fourth-order valence-electron chi connectivity index (χ4n) is 25.5. The van der Waals surface area contributed by atoms with E-state index in [0.29, 0.717) is 0 Å². The van der Waals surface area contributed by atoms with Crippen LogP contribution in [-0.2, 0) is 20.4 Å². The maximum atomic E-state index is 15.7. The molecular formula is C65H9NO2. The fourth-order valence-corrected chi connectivity index (χ4v) is 25.5. The van der Waals surface area contributed by atoms with Crippen LogP contribution in [0.3, 0.4) is 0 Å². The number of methoxy groups -OCH3 is 1. The van der Waals surface area contributed by atoms with E-state index in [4.69, 9.17) is 4.74 Å². The summed E-state index contributed by atoms with van der Waals surface area (Å²) in [5, 5.41) is 86.1. The molecule has 0 bridgehead atoms. The van der Waals surface area contributed by atoms with Crippen LogP contribution in [0.15, 0.2) is 0 Å². The average Bonchev–Trinajstić information content (AvgIpc) is 4.27. The van der Waals surface area contributed by atoms with Gasteiger partial charge in [0.2, 0.25) is 0 Å². The van der Waals surface area contributed by atoms with Gasteiger partial charge in [0.1, 0.15) is 6.04 Å². The van der Waals surface area contributed by atoms with Gasteiger partial charge < -0.3 is 4.74 Å². The Morgan fingerprint density at radius 2 is 0.471 bits per heavy atom. The number of likely N-dealkylation sites (N-methyl/N-ethyl adjacent to an activating group) is 1. The van der Waals surface area contributed by atoms with Crippen molar-refractivity contribution in [3.05, 3.63) is 22.3 Å². The molecular weight excluding hydrogens is 827 g/mol. The molecule has 2 spiro atoms. The van der Waals surface area contributed by atoms with E-state index in [1.54, 1.807) is 288 Å². The van der Waals surface area contributed by atoms with Crippen molar-refractivity contribution in [3.8, 4) is 0 Å². The lowest BCUT2D eigenvalue weighted by molar-refractivity contribution is -0.146. The molecule has 3 nitrogen and oxygen atoms in total. The number of hydrogen-bond donors (Lipinski definition) is 0. The maximum Gasteiger partial charge on any atom is 0.324 e. The van der Waals surface area contributed by atoms with Crippen LogP contribution in [0.4, 0.5) is 0 Å². The molecule has 0 N–H and O–H groups in total. The molecule has 28 aromatic rings. The van der Waals surface area contributed by atoms with Crippen LogP contribution in [-0.4, -0.2) is 37.6 Å². The third kappa shape index (κ3) is 1.26. The van der Waals surface area contributed by atoms with Crippen LogP contribution in [0.5, 0.6) is 0 Å². The molecule has 68 heavy (non-hydrogen) atoms. The molecule has 0 radical (unpaired) electrons. The second-order valence-corrected chi connectivity index (χ2v) is 25.3. The van der Waals surface area contributed by atoms with Crippen molar-refractivity contribution in [1.29, 1.82) is 0 Å². The molecule has 1 saturated heterocycles. The molecule has 1 atom stereocenters. The largest absolute Gasteiger partial charge is 0.468 e. The lowest BCUT2D eigenvalue weighted by atomic mass is 9.48. The van der Waals surface area contributed by atoms with E-state index in [-0.39, 0.29) is 5.97 Å². The van der Waals surface area contributed by atoms with Gasteiger partial charge >= 0.3 is 5.97 Å². The number of benzene rings is 18.